The first-order valence-electron chi connectivity index (χ1n) is 6.54. The number of carboxylic acid groups (broad SMARTS) is 1. The number of nitrogens with zero attached hydrogens (tertiary/aromatic N) is 1. The number of aliphatic carboxylic acids is 1. The van der Waals surface area contributed by atoms with Crippen molar-refractivity contribution in [1.29, 1.82) is 5.26 Å². The van der Waals surface area contributed by atoms with Crippen LogP contribution in [0, 0.1) is 11.3 Å². The number of nitriles is 1. The molecule has 0 spiro atoms. The number of rotatable bonds is 4. The number of carbonyl (C=O) groups excluding carboxylic acids is 1. The van der Waals surface area contributed by atoms with Gasteiger partial charge in [0, 0.05) is 0 Å². The van der Waals surface area contributed by atoms with Crippen LogP contribution in [0.3, 0.4) is 0 Å². The van der Waals surface area contributed by atoms with Gasteiger partial charge in [-0.3, -0.25) is 0 Å². The first-order chi connectivity index (χ1) is 10.1. The van der Waals surface area contributed by atoms with Gasteiger partial charge in [0.05, 0.1) is 11.6 Å². The molecule has 0 saturated heterocycles. The Morgan fingerprint density at radius 3 is 2.23 bits per heavy atom. The van der Waals surface area contributed by atoms with Crippen LogP contribution in [0.1, 0.15) is 38.0 Å². The van der Waals surface area contributed by atoms with Gasteiger partial charge in [-0.15, -0.1) is 0 Å². The highest BCUT2D eigenvalue weighted by atomic mass is 16.6. The number of carbonyl (C=O) groups is 2. The second-order valence-corrected chi connectivity index (χ2v) is 5.64. The maximum Gasteiger partial charge on any atom is 0.408 e. The molecule has 0 saturated carbocycles. The summed E-state index contributed by atoms with van der Waals surface area (Å²) in [5, 5.41) is 30.1. The summed E-state index contributed by atoms with van der Waals surface area (Å²) in [4.78, 5) is 22.9. The molecule has 7 heteroatoms. The highest BCUT2D eigenvalue weighted by Crippen LogP contribution is 2.18. The van der Waals surface area contributed by atoms with E-state index in [0.29, 0.717) is 5.56 Å². The van der Waals surface area contributed by atoms with E-state index in [2.05, 4.69) is 5.32 Å². The molecule has 0 aliphatic carbocycles. The van der Waals surface area contributed by atoms with Gasteiger partial charge in [0.25, 0.3) is 0 Å². The second-order valence-electron chi connectivity index (χ2n) is 5.64. The van der Waals surface area contributed by atoms with E-state index in [9.17, 15) is 19.8 Å². The van der Waals surface area contributed by atoms with E-state index in [4.69, 9.17) is 10.00 Å². The van der Waals surface area contributed by atoms with Crippen molar-refractivity contribution < 1.29 is 24.5 Å². The highest BCUT2D eigenvalue weighted by molar-refractivity contribution is 5.80. The van der Waals surface area contributed by atoms with Crippen molar-refractivity contribution in [2.45, 2.75) is 38.5 Å². The minimum Gasteiger partial charge on any atom is -0.480 e. The van der Waals surface area contributed by atoms with Gasteiger partial charge >= 0.3 is 12.1 Å². The summed E-state index contributed by atoms with van der Waals surface area (Å²) >= 11 is 0. The minimum absolute atomic E-state index is 0.266. The fraction of sp³-hybridized carbons (Fsp3) is 0.400. The zero-order valence-electron chi connectivity index (χ0n) is 12.5. The standard InChI is InChI=1S/C15H18N2O5/c1-15(2,3)22-14(21)17-11(13(19)20)12(18)10-6-4-9(8-16)5-7-10/h4-7,11-12,18H,1-3H3,(H,17,21)(H,19,20)/t11-,12+/m0/s1. The number of benzene rings is 1. The molecule has 1 amide bonds. The van der Waals surface area contributed by atoms with Crippen molar-refractivity contribution in [3.8, 4) is 6.07 Å². The lowest BCUT2D eigenvalue weighted by Gasteiger charge is -2.24. The number of hydrogen-bond acceptors (Lipinski definition) is 5. The van der Waals surface area contributed by atoms with Crippen LogP contribution in [0.25, 0.3) is 0 Å². The minimum atomic E-state index is -1.57. The van der Waals surface area contributed by atoms with E-state index in [0.717, 1.165) is 0 Å². The molecule has 7 nitrogen and oxygen atoms in total. The molecular weight excluding hydrogens is 288 g/mol. The molecule has 0 fully saturated rings. The van der Waals surface area contributed by atoms with Gasteiger partial charge < -0.3 is 20.3 Å². The molecule has 22 heavy (non-hydrogen) atoms. The number of alkyl carbamates (subject to hydrolysis) is 1. The Bertz CT molecular complexity index is 583. The molecule has 0 bridgehead atoms. The van der Waals surface area contributed by atoms with Crippen LogP contribution in [0.2, 0.25) is 0 Å². The predicted molar refractivity (Wildman–Crippen MR) is 76.9 cm³/mol. The molecule has 2 atom stereocenters. The van der Waals surface area contributed by atoms with E-state index >= 15 is 0 Å². The van der Waals surface area contributed by atoms with Crippen LogP contribution in [0.15, 0.2) is 24.3 Å². The summed E-state index contributed by atoms with van der Waals surface area (Å²) in [7, 11) is 0. The van der Waals surface area contributed by atoms with Gasteiger partial charge in [-0.05, 0) is 38.5 Å². The lowest BCUT2D eigenvalue weighted by Crippen LogP contribution is -2.46. The Morgan fingerprint density at radius 2 is 1.82 bits per heavy atom. The first kappa shape index (κ1) is 17.5. The normalized spacial score (nSPS) is 13.6. The Hall–Kier alpha value is -2.59. The molecule has 0 aliphatic heterocycles. The average molecular weight is 306 g/mol. The zero-order chi connectivity index (χ0) is 16.9. The molecule has 0 aliphatic rings. The third-order valence-electron chi connectivity index (χ3n) is 2.64. The van der Waals surface area contributed by atoms with Crippen molar-refractivity contribution >= 4 is 12.1 Å². The summed E-state index contributed by atoms with van der Waals surface area (Å²) in [6.45, 7) is 4.91. The van der Waals surface area contributed by atoms with Gasteiger partial charge in [0.2, 0.25) is 0 Å². The van der Waals surface area contributed by atoms with E-state index in [1.165, 1.54) is 24.3 Å². The largest absolute Gasteiger partial charge is 0.480 e. The van der Waals surface area contributed by atoms with Gasteiger partial charge in [-0.25, -0.2) is 9.59 Å². The average Bonchev–Trinajstić information content (AvgIpc) is 2.42. The molecule has 0 radical (unpaired) electrons. The SMILES string of the molecule is CC(C)(C)OC(=O)N[C@H](C(=O)O)[C@H](O)c1ccc(C#N)cc1. The molecule has 0 aromatic heterocycles. The molecule has 1 rings (SSSR count). The fourth-order valence-corrected chi connectivity index (χ4v) is 1.66. The topological polar surface area (TPSA) is 120 Å². The number of aliphatic hydroxyl groups excluding tert-OH is 1. The van der Waals surface area contributed by atoms with Crippen molar-refractivity contribution in [2.75, 3.05) is 0 Å². The monoisotopic (exact) mass is 306 g/mol. The van der Waals surface area contributed by atoms with Crippen LogP contribution in [-0.2, 0) is 9.53 Å². The molecule has 1 aromatic rings. The number of ether oxygens (including phenoxy) is 1. The first-order valence-corrected chi connectivity index (χ1v) is 6.54. The quantitative estimate of drug-likeness (QED) is 0.776. The van der Waals surface area contributed by atoms with Crippen LogP contribution in [-0.4, -0.2) is 33.9 Å². The molecule has 1 aromatic carbocycles. The van der Waals surface area contributed by atoms with Crippen LogP contribution in [0.5, 0.6) is 0 Å². The maximum absolute atomic E-state index is 11.7. The van der Waals surface area contributed by atoms with Crippen molar-refractivity contribution in [3.63, 3.8) is 0 Å². The number of amides is 1. The van der Waals surface area contributed by atoms with Crippen LogP contribution in [0.4, 0.5) is 4.79 Å². The number of carboxylic acids is 1. The van der Waals surface area contributed by atoms with Gasteiger partial charge in [0.1, 0.15) is 11.7 Å². The van der Waals surface area contributed by atoms with Crippen LogP contribution >= 0.6 is 0 Å². The summed E-state index contributed by atoms with van der Waals surface area (Å²) in [5.74, 6) is -1.40. The lowest BCUT2D eigenvalue weighted by atomic mass is 10.0. The lowest BCUT2D eigenvalue weighted by molar-refractivity contribution is -0.142. The van der Waals surface area contributed by atoms with Crippen LogP contribution < -0.4 is 5.32 Å². The van der Waals surface area contributed by atoms with Gasteiger partial charge in [-0.1, -0.05) is 12.1 Å². The second kappa shape index (κ2) is 6.91. The predicted octanol–water partition coefficient (Wildman–Crippen LogP) is 1.57. The summed E-state index contributed by atoms with van der Waals surface area (Å²) < 4.78 is 4.97. The molecule has 3 N–H and O–H groups in total. The van der Waals surface area contributed by atoms with Crippen molar-refractivity contribution in [1.82, 2.24) is 5.32 Å². The van der Waals surface area contributed by atoms with Gasteiger partial charge in [0.15, 0.2) is 6.04 Å². The highest BCUT2D eigenvalue weighted by Gasteiger charge is 2.31. The third kappa shape index (κ3) is 5.07. The maximum atomic E-state index is 11.7. The Kier molecular flexibility index (Phi) is 5.49. The fourth-order valence-electron chi connectivity index (χ4n) is 1.66. The van der Waals surface area contributed by atoms with Gasteiger partial charge in [-0.2, -0.15) is 5.26 Å². The molecule has 0 heterocycles. The zero-order valence-corrected chi connectivity index (χ0v) is 12.5. The summed E-state index contributed by atoms with van der Waals surface area (Å²) in [5.41, 5.74) is -0.141. The Labute approximate surface area is 128 Å². The number of nitrogens with one attached hydrogen (secondary N) is 1. The van der Waals surface area contributed by atoms with E-state index < -0.39 is 29.8 Å². The summed E-state index contributed by atoms with van der Waals surface area (Å²) in [6.07, 6.45) is -2.41. The van der Waals surface area contributed by atoms with E-state index in [1.54, 1.807) is 20.8 Å². The number of hydrogen-bond donors (Lipinski definition) is 3. The molecule has 0 unspecified atom stereocenters. The van der Waals surface area contributed by atoms with Crippen molar-refractivity contribution in [3.05, 3.63) is 35.4 Å². The van der Waals surface area contributed by atoms with Crippen molar-refractivity contribution in [2.24, 2.45) is 0 Å². The molecule has 118 valence electrons. The molecular formula is C15H18N2O5. The Morgan fingerprint density at radius 1 is 1.27 bits per heavy atom. The van der Waals surface area contributed by atoms with E-state index in [1.807, 2.05) is 6.07 Å². The van der Waals surface area contributed by atoms with E-state index in [-0.39, 0.29) is 5.56 Å². The smallest absolute Gasteiger partial charge is 0.408 e. The Balaban J connectivity index is 2.88. The number of aliphatic hydroxyl groups is 1. The third-order valence-corrected chi connectivity index (χ3v) is 2.64. The summed E-state index contributed by atoms with van der Waals surface area (Å²) in [6, 6.07) is 6.10.